The van der Waals surface area contributed by atoms with E-state index in [1.165, 1.54) is 28.9 Å². The monoisotopic (exact) mass is 844 g/mol. The number of ether oxygens (including phenoxy) is 4. The Kier molecular flexibility index (Phi) is 14.3. The van der Waals surface area contributed by atoms with Gasteiger partial charge in [-0.25, -0.2) is 19.3 Å². The van der Waals surface area contributed by atoms with Crippen LogP contribution in [-0.2, 0) is 33.3 Å². The fraction of sp³-hybridized carbons (Fsp3) is 0.718. The van der Waals surface area contributed by atoms with E-state index < -0.39 is 91.8 Å². The van der Waals surface area contributed by atoms with E-state index in [-0.39, 0.29) is 56.1 Å². The molecule has 0 aromatic carbocycles. The number of carbonyl (C=O) groups is 4. The second kappa shape index (κ2) is 19.0. The number of hydrogen-bond donors (Lipinski definition) is 6. The zero-order chi connectivity index (χ0) is 43.6. The Morgan fingerprint density at radius 2 is 1.72 bits per heavy atom. The van der Waals surface area contributed by atoms with Gasteiger partial charge in [0.15, 0.2) is 18.0 Å². The molecule has 4 aliphatic rings. The highest BCUT2D eigenvalue weighted by Gasteiger charge is 2.53. The van der Waals surface area contributed by atoms with Gasteiger partial charge in [-0.1, -0.05) is 20.8 Å². The van der Waals surface area contributed by atoms with Crippen LogP contribution in [0.15, 0.2) is 18.6 Å². The maximum atomic E-state index is 13.8. The molecular formula is C39H56N8O13. The van der Waals surface area contributed by atoms with Gasteiger partial charge in [0.05, 0.1) is 36.2 Å². The molecule has 0 bridgehead atoms. The number of carbonyl (C=O) groups excluding carboxylic acids is 4. The Hall–Kier alpha value is -4.53. The van der Waals surface area contributed by atoms with Crippen molar-refractivity contribution in [1.29, 1.82) is 5.26 Å². The molecule has 4 saturated heterocycles. The van der Waals surface area contributed by atoms with Crippen LogP contribution in [0.2, 0.25) is 0 Å². The minimum absolute atomic E-state index is 0.0854. The number of fused-ring (bicyclic) bond motifs is 1. The SMILES string of the molecule is CC(=O)NC1C(C(C)C)OC(CO)C(O)C1OC1OC(C(=O)N2CCC(OC(=O)n3ccc4c(N(C)[C@H]5CN(C(=O)CC#N)CC[C@H]5C)ncnc43)CC2)C(O)C(O)C1O. The number of nitrogens with one attached hydrogen (secondary N) is 1. The molecule has 4 aliphatic heterocycles. The molecular weight excluding hydrogens is 788 g/mol. The van der Waals surface area contributed by atoms with E-state index in [1.54, 1.807) is 24.8 Å². The van der Waals surface area contributed by atoms with Gasteiger partial charge in [0.2, 0.25) is 11.8 Å². The van der Waals surface area contributed by atoms with Crippen LogP contribution in [0.4, 0.5) is 10.6 Å². The average molecular weight is 845 g/mol. The van der Waals surface area contributed by atoms with E-state index in [4.69, 9.17) is 24.2 Å². The topological polar surface area (TPSA) is 283 Å². The number of aliphatic hydroxyl groups excluding tert-OH is 5. The van der Waals surface area contributed by atoms with Crippen LogP contribution in [0.3, 0.4) is 0 Å². The second-order valence-corrected chi connectivity index (χ2v) is 16.4. The lowest BCUT2D eigenvalue weighted by atomic mass is 9.87. The van der Waals surface area contributed by atoms with Gasteiger partial charge in [0, 0.05) is 59.2 Å². The first kappa shape index (κ1) is 45.0. The van der Waals surface area contributed by atoms with Crippen LogP contribution in [0.1, 0.15) is 53.4 Å². The fourth-order valence-electron chi connectivity index (χ4n) is 8.64. The first-order valence-electron chi connectivity index (χ1n) is 20.3. The standard InChI is InChI=1S/C39H56N8O13/c1-19(2)32-27(43-21(4)49)33(28(51)25(17-48)58-32)59-38-31(54)29(52)30(53)34(60-38)37(55)45-13-8-22(9-14-45)57-39(56)47-15-10-23-35(41-18-42-36(23)47)44(5)24-16-46(12-7-20(24)3)26(50)6-11-40/h10,15,18-20,22,24-25,27-34,38,48,51-54H,6-9,12-14,16-17H2,1-5H3,(H,43,49)/t20-,24+,25?,27?,28?,29?,30?,31?,32?,33?,34?,38?/m1/s1. The van der Waals surface area contributed by atoms with Gasteiger partial charge >= 0.3 is 6.09 Å². The zero-order valence-electron chi connectivity index (χ0n) is 34.3. The molecule has 0 aliphatic carbocycles. The first-order valence-corrected chi connectivity index (χ1v) is 20.3. The molecule has 21 heteroatoms. The number of nitrogens with zero attached hydrogens (tertiary/aromatic N) is 7. The molecule has 2 aromatic rings. The first-order chi connectivity index (χ1) is 28.6. The van der Waals surface area contributed by atoms with Crippen LogP contribution in [-0.4, -0.2) is 187 Å². The van der Waals surface area contributed by atoms with Gasteiger partial charge in [-0.15, -0.1) is 0 Å². The molecule has 10 unspecified atom stereocenters. The Labute approximate surface area is 346 Å². The molecule has 0 saturated carbocycles. The van der Waals surface area contributed by atoms with E-state index in [1.807, 2.05) is 18.0 Å². The van der Waals surface area contributed by atoms with Crippen molar-refractivity contribution in [2.75, 3.05) is 44.7 Å². The smallest absolute Gasteiger partial charge is 0.419 e. The molecule has 330 valence electrons. The van der Waals surface area contributed by atoms with Crippen molar-refractivity contribution in [2.24, 2.45) is 11.8 Å². The summed E-state index contributed by atoms with van der Waals surface area (Å²) in [5.41, 5.74) is 0.314. The van der Waals surface area contributed by atoms with Crippen molar-refractivity contribution in [3.05, 3.63) is 18.6 Å². The second-order valence-electron chi connectivity index (χ2n) is 16.4. The van der Waals surface area contributed by atoms with Gasteiger partial charge < -0.3 is 64.5 Å². The lowest BCUT2D eigenvalue weighted by Gasteiger charge is -2.49. The summed E-state index contributed by atoms with van der Waals surface area (Å²) in [6.07, 6.45) is -11.2. The number of aromatic nitrogens is 3. The van der Waals surface area contributed by atoms with Crippen LogP contribution >= 0.6 is 0 Å². The molecule has 4 fully saturated rings. The maximum absolute atomic E-state index is 13.8. The van der Waals surface area contributed by atoms with Gasteiger partial charge in [-0.2, -0.15) is 5.26 Å². The van der Waals surface area contributed by atoms with Crippen LogP contribution in [0, 0.1) is 23.2 Å². The summed E-state index contributed by atoms with van der Waals surface area (Å²) in [7, 11) is 1.87. The number of rotatable bonds is 10. The lowest BCUT2D eigenvalue weighted by molar-refractivity contribution is -0.326. The summed E-state index contributed by atoms with van der Waals surface area (Å²) in [5.74, 6) is -0.871. The van der Waals surface area contributed by atoms with Crippen LogP contribution < -0.4 is 10.2 Å². The summed E-state index contributed by atoms with van der Waals surface area (Å²) in [5, 5.41) is 66.0. The highest BCUT2D eigenvalue weighted by atomic mass is 16.7. The number of anilines is 1. The Morgan fingerprint density at radius 1 is 1.02 bits per heavy atom. The highest BCUT2D eigenvalue weighted by Crippen LogP contribution is 2.33. The normalized spacial score (nSPS) is 32.7. The Balaban J connectivity index is 1.09. The predicted octanol–water partition coefficient (Wildman–Crippen LogP) is -1.53. The van der Waals surface area contributed by atoms with Crippen molar-refractivity contribution < 1.29 is 63.7 Å². The van der Waals surface area contributed by atoms with Crippen molar-refractivity contribution in [1.82, 2.24) is 29.7 Å². The summed E-state index contributed by atoms with van der Waals surface area (Å²) < 4.78 is 24.8. The maximum Gasteiger partial charge on any atom is 0.419 e. The van der Waals surface area contributed by atoms with E-state index in [0.717, 1.165) is 6.42 Å². The predicted molar refractivity (Wildman–Crippen MR) is 208 cm³/mol. The largest absolute Gasteiger partial charge is 0.445 e. The van der Waals surface area contributed by atoms with E-state index >= 15 is 0 Å². The minimum Gasteiger partial charge on any atom is -0.445 e. The van der Waals surface area contributed by atoms with Crippen molar-refractivity contribution >= 4 is 40.7 Å². The highest BCUT2D eigenvalue weighted by molar-refractivity contribution is 5.93. The summed E-state index contributed by atoms with van der Waals surface area (Å²) in [4.78, 5) is 65.9. The van der Waals surface area contributed by atoms with Crippen molar-refractivity contribution in [3.8, 4) is 6.07 Å². The molecule has 0 radical (unpaired) electrons. The average Bonchev–Trinajstić information content (AvgIpc) is 3.67. The molecule has 21 nitrogen and oxygen atoms in total. The fourth-order valence-corrected chi connectivity index (χ4v) is 8.64. The number of amides is 3. The molecule has 0 spiro atoms. The molecule has 12 atom stereocenters. The Morgan fingerprint density at radius 3 is 2.37 bits per heavy atom. The van der Waals surface area contributed by atoms with Crippen molar-refractivity contribution in [2.45, 2.75) is 127 Å². The van der Waals surface area contributed by atoms with Gasteiger partial charge in [0.1, 0.15) is 61.3 Å². The molecule has 3 amide bonds. The number of aliphatic hydroxyl groups is 5. The number of piperidine rings is 2. The molecule has 6 heterocycles. The Bertz CT molecular complexity index is 1900. The van der Waals surface area contributed by atoms with Crippen LogP contribution in [0.5, 0.6) is 0 Å². The third-order valence-corrected chi connectivity index (χ3v) is 12.1. The van der Waals surface area contributed by atoms with E-state index in [0.29, 0.717) is 29.9 Å². The molecule has 2 aromatic heterocycles. The lowest BCUT2D eigenvalue weighted by Crippen LogP contribution is -2.69. The van der Waals surface area contributed by atoms with Gasteiger partial charge in [-0.3, -0.25) is 14.4 Å². The zero-order valence-corrected chi connectivity index (χ0v) is 34.3. The summed E-state index contributed by atoms with van der Waals surface area (Å²) in [6, 6.07) is 2.55. The number of likely N-dealkylation sites (N-methyl/N-ethyl adjacent to an activating group) is 1. The minimum atomic E-state index is -1.90. The molecule has 6 N–H and O–H groups in total. The number of hydrogen-bond acceptors (Lipinski definition) is 17. The summed E-state index contributed by atoms with van der Waals surface area (Å²) >= 11 is 0. The molecule has 6 rings (SSSR count). The summed E-state index contributed by atoms with van der Waals surface area (Å²) in [6.45, 7) is 7.53. The number of nitriles is 1. The van der Waals surface area contributed by atoms with Gasteiger partial charge in [0.25, 0.3) is 5.91 Å². The third kappa shape index (κ3) is 9.20. The van der Waals surface area contributed by atoms with E-state index in [9.17, 15) is 44.7 Å². The van der Waals surface area contributed by atoms with Crippen molar-refractivity contribution in [3.63, 3.8) is 0 Å². The molecule has 60 heavy (non-hydrogen) atoms. The van der Waals surface area contributed by atoms with Gasteiger partial charge in [-0.05, 0) is 24.3 Å². The quantitative estimate of drug-likeness (QED) is 0.158. The third-order valence-electron chi connectivity index (χ3n) is 12.1. The van der Waals surface area contributed by atoms with Crippen LogP contribution in [0.25, 0.3) is 11.0 Å². The van der Waals surface area contributed by atoms with E-state index in [2.05, 4.69) is 22.2 Å². The number of likely N-dealkylation sites (tertiary alicyclic amines) is 2.